The van der Waals surface area contributed by atoms with Crippen LogP contribution in [-0.2, 0) is 4.79 Å². The highest BCUT2D eigenvalue weighted by atomic mass is 32.2. The van der Waals surface area contributed by atoms with Crippen molar-refractivity contribution in [3.05, 3.63) is 0 Å². The van der Waals surface area contributed by atoms with Crippen LogP contribution in [-0.4, -0.2) is 28.1 Å². The van der Waals surface area contributed by atoms with E-state index in [4.69, 9.17) is 10.8 Å². The number of hydrogen-bond donors (Lipinski definition) is 2. The van der Waals surface area contributed by atoms with Crippen molar-refractivity contribution >= 4 is 17.7 Å². The van der Waals surface area contributed by atoms with E-state index >= 15 is 0 Å². The predicted octanol–water partition coefficient (Wildman–Crippen LogP) is 1.71. The number of hydrogen-bond acceptors (Lipinski definition) is 3. The van der Waals surface area contributed by atoms with Crippen molar-refractivity contribution in [2.24, 2.45) is 11.7 Å². The van der Waals surface area contributed by atoms with Crippen LogP contribution in [0.1, 0.15) is 32.6 Å². The number of nitrogens with two attached hydrogens (primary N) is 1. The lowest BCUT2D eigenvalue weighted by molar-refractivity contribution is -0.136. The standard InChI is InChI=1S/C10H19NO2S/c1-7-3-2-4-8(5-7)14-9(6-11)10(12)13/h7-9H,2-6,11H2,1H3,(H,12,13). The van der Waals surface area contributed by atoms with Gasteiger partial charge in [-0.05, 0) is 18.8 Å². The van der Waals surface area contributed by atoms with Gasteiger partial charge in [0.25, 0.3) is 0 Å². The molecule has 3 unspecified atom stereocenters. The Labute approximate surface area is 89.4 Å². The zero-order valence-electron chi connectivity index (χ0n) is 8.61. The second-order valence-electron chi connectivity index (χ2n) is 4.09. The maximum Gasteiger partial charge on any atom is 0.317 e. The first kappa shape index (κ1) is 11.9. The first-order chi connectivity index (χ1) is 6.63. The van der Waals surface area contributed by atoms with E-state index in [1.54, 1.807) is 11.8 Å². The van der Waals surface area contributed by atoms with Crippen LogP contribution < -0.4 is 5.73 Å². The molecule has 1 aliphatic rings. The van der Waals surface area contributed by atoms with E-state index in [-0.39, 0.29) is 6.54 Å². The summed E-state index contributed by atoms with van der Waals surface area (Å²) in [5, 5.41) is 8.96. The molecule has 0 spiro atoms. The number of rotatable bonds is 4. The van der Waals surface area contributed by atoms with E-state index in [2.05, 4.69) is 6.92 Å². The van der Waals surface area contributed by atoms with Crippen molar-refractivity contribution in [1.82, 2.24) is 0 Å². The van der Waals surface area contributed by atoms with E-state index in [1.165, 1.54) is 12.8 Å². The molecule has 0 aromatic heterocycles. The molecule has 1 aliphatic carbocycles. The molecule has 82 valence electrons. The summed E-state index contributed by atoms with van der Waals surface area (Å²) in [6.45, 7) is 2.48. The van der Waals surface area contributed by atoms with Gasteiger partial charge in [-0.3, -0.25) is 4.79 Å². The monoisotopic (exact) mass is 217 g/mol. The quantitative estimate of drug-likeness (QED) is 0.752. The number of carboxylic acid groups (broad SMARTS) is 1. The van der Waals surface area contributed by atoms with Crippen molar-refractivity contribution in [3.8, 4) is 0 Å². The Hall–Kier alpha value is -0.220. The summed E-state index contributed by atoms with van der Waals surface area (Å²) >= 11 is 1.55. The Kier molecular flexibility index (Phi) is 4.75. The van der Waals surface area contributed by atoms with Gasteiger partial charge in [-0.25, -0.2) is 0 Å². The zero-order valence-corrected chi connectivity index (χ0v) is 9.43. The maximum atomic E-state index is 10.8. The van der Waals surface area contributed by atoms with Crippen molar-refractivity contribution in [2.45, 2.75) is 43.1 Å². The Morgan fingerprint density at radius 2 is 2.36 bits per heavy atom. The summed E-state index contributed by atoms with van der Waals surface area (Å²) in [5.74, 6) is -0.0239. The minimum absolute atomic E-state index is 0.241. The van der Waals surface area contributed by atoms with Crippen LogP contribution in [0.15, 0.2) is 0 Å². The van der Waals surface area contributed by atoms with Gasteiger partial charge in [-0.2, -0.15) is 0 Å². The molecule has 0 saturated heterocycles. The van der Waals surface area contributed by atoms with Gasteiger partial charge >= 0.3 is 5.97 Å². The molecule has 0 heterocycles. The number of thioether (sulfide) groups is 1. The molecular weight excluding hydrogens is 198 g/mol. The summed E-state index contributed by atoms with van der Waals surface area (Å²) in [6.07, 6.45) is 4.82. The lowest BCUT2D eigenvalue weighted by Crippen LogP contribution is -2.29. The molecule has 1 saturated carbocycles. The Morgan fingerprint density at radius 1 is 1.64 bits per heavy atom. The third kappa shape index (κ3) is 3.50. The van der Waals surface area contributed by atoms with Gasteiger partial charge in [0.2, 0.25) is 0 Å². The topological polar surface area (TPSA) is 63.3 Å². The van der Waals surface area contributed by atoms with Gasteiger partial charge in [-0.1, -0.05) is 19.8 Å². The van der Waals surface area contributed by atoms with Gasteiger partial charge in [0.15, 0.2) is 0 Å². The molecule has 0 amide bonds. The van der Waals surface area contributed by atoms with Crippen LogP contribution in [0.2, 0.25) is 0 Å². The van der Waals surface area contributed by atoms with Gasteiger partial charge in [-0.15, -0.1) is 11.8 Å². The van der Waals surface area contributed by atoms with Crippen molar-refractivity contribution in [1.29, 1.82) is 0 Å². The molecule has 0 radical (unpaired) electrons. The van der Waals surface area contributed by atoms with E-state index in [0.29, 0.717) is 5.25 Å². The van der Waals surface area contributed by atoms with E-state index < -0.39 is 11.2 Å². The highest BCUT2D eigenvalue weighted by Gasteiger charge is 2.25. The van der Waals surface area contributed by atoms with Crippen LogP contribution in [0.3, 0.4) is 0 Å². The lowest BCUT2D eigenvalue weighted by Gasteiger charge is -2.27. The number of carbonyl (C=O) groups is 1. The average molecular weight is 217 g/mol. The summed E-state index contributed by atoms with van der Waals surface area (Å²) in [4.78, 5) is 10.8. The fraction of sp³-hybridized carbons (Fsp3) is 0.900. The van der Waals surface area contributed by atoms with E-state index in [1.807, 2.05) is 0 Å². The van der Waals surface area contributed by atoms with E-state index in [9.17, 15) is 4.79 Å². The summed E-state index contributed by atoms with van der Waals surface area (Å²) in [5.41, 5.74) is 5.42. The lowest BCUT2D eigenvalue weighted by atomic mass is 9.91. The van der Waals surface area contributed by atoms with Crippen LogP contribution in [0.5, 0.6) is 0 Å². The predicted molar refractivity (Wildman–Crippen MR) is 59.5 cm³/mol. The Morgan fingerprint density at radius 3 is 2.86 bits per heavy atom. The van der Waals surface area contributed by atoms with Crippen LogP contribution in [0.25, 0.3) is 0 Å². The Bertz CT molecular complexity index is 199. The molecule has 1 fully saturated rings. The van der Waals surface area contributed by atoms with Gasteiger partial charge in [0.1, 0.15) is 5.25 Å². The minimum Gasteiger partial charge on any atom is -0.480 e. The summed E-state index contributed by atoms with van der Waals surface area (Å²) in [7, 11) is 0. The molecule has 0 aromatic carbocycles. The summed E-state index contributed by atoms with van der Waals surface area (Å²) < 4.78 is 0. The zero-order chi connectivity index (χ0) is 10.6. The molecule has 3 N–H and O–H groups in total. The SMILES string of the molecule is CC1CCCC(SC(CN)C(=O)O)C1. The van der Waals surface area contributed by atoms with Crippen LogP contribution in [0.4, 0.5) is 0 Å². The highest BCUT2D eigenvalue weighted by Crippen LogP contribution is 2.33. The molecule has 0 bridgehead atoms. The smallest absolute Gasteiger partial charge is 0.317 e. The van der Waals surface area contributed by atoms with Gasteiger partial charge < -0.3 is 10.8 Å². The molecule has 4 heteroatoms. The highest BCUT2D eigenvalue weighted by molar-refractivity contribution is 8.01. The molecule has 14 heavy (non-hydrogen) atoms. The van der Waals surface area contributed by atoms with Gasteiger partial charge in [0, 0.05) is 11.8 Å². The molecule has 0 aromatic rings. The van der Waals surface area contributed by atoms with Crippen molar-refractivity contribution in [2.75, 3.05) is 6.54 Å². The Balaban J connectivity index is 2.37. The van der Waals surface area contributed by atoms with Gasteiger partial charge in [0.05, 0.1) is 0 Å². The first-order valence-corrected chi connectivity index (χ1v) is 6.16. The second-order valence-corrected chi connectivity index (χ2v) is 5.60. The van der Waals surface area contributed by atoms with Crippen LogP contribution in [0, 0.1) is 5.92 Å². The van der Waals surface area contributed by atoms with Crippen molar-refractivity contribution < 1.29 is 9.90 Å². The summed E-state index contributed by atoms with van der Waals surface area (Å²) in [6, 6.07) is 0. The molecule has 3 nitrogen and oxygen atoms in total. The van der Waals surface area contributed by atoms with E-state index in [0.717, 1.165) is 18.8 Å². The third-order valence-corrected chi connectivity index (χ3v) is 4.27. The second kappa shape index (κ2) is 5.61. The largest absolute Gasteiger partial charge is 0.480 e. The fourth-order valence-corrected chi connectivity index (χ4v) is 3.38. The first-order valence-electron chi connectivity index (χ1n) is 5.21. The third-order valence-electron chi connectivity index (χ3n) is 2.73. The number of aliphatic carboxylic acids is 1. The van der Waals surface area contributed by atoms with Crippen molar-refractivity contribution in [3.63, 3.8) is 0 Å². The fourth-order valence-electron chi connectivity index (χ4n) is 1.95. The average Bonchev–Trinajstić information content (AvgIpc) is 2.14. The molecular formula is C10H19NO2S. The molecule has 0 aliphatic heterocycles. The molecule has 1 rings (SSSR count). The normalized spacial score (nSPS) is 29.9. The maximum absolute atomic E-state index is 10.8. The van der Waals surface area contributed by atoms with Crippen LogP contribution >= 0.6 is 11.8 Å². The minimum atomic E-state index is -0.768. The molecule has 3 atom stereocenters. The number of carboxylic acids is 1.